The Morgan fingerprint density at radius 2 is 2.36 bits per heavy atom. The second-order valence-electron chi connectivity index (χ2n) is 4.01. The van der Waals surface area contributed by atoms with E-state index >= 15 is 0 Å². The van der Waals surface area contributed by atoms with Gasteiger partial charge in [0, 0.05) is 19.1 Å². The van der Waals surface area contributed by atoms with Gasteiger partial charge in [-0.1, -0.05) is 13.3 Å². The third-order valence-corrected chi connectivity index (χ3v) is 2.66. The standard InChI is InChI=1S/C10H21N3O/c1-3-4-5-13-7-8(2)12-10(14)9(13)6-11/h8-9H,3-7,11H2,1-2H3,(H,12,14). The summed E-state index contributed by atoms with van der Waals surface area (Å²) in [5.74, 6) is 0.0855. The maximum absolute atomic E-state index is 11.6. The molecule has 82 valence electrons. The first-order chi connectivity index (χ1) is 6.69. The van der Waals surface area contributed by atoms with Crippen molar-refractivity contribution in [3.63, 3.8) is 0 Å². The monoisotopic (exact) mass is 199 g/mol. The van der Waals surface area contributed by atoms with E-state index in [2.05, 4.69) is 17.1 Å². The maximum Gasteiger partial charge on any atom is 0.238 e. The molecule has 1 heterocycles. The molecule has 0 spiro atoms. The van der Waals surface area contributed by atoms with E-state index in [-0.39, 0.29) is 18.0 Å². The Labute approximate surface area is 85.8 Å². The van der Waals surface area contributed by atoms with Crippen LogP contribution in [0.15, 0.2) is 0 Å². The zero-order valence-corrected chi connectivity index (χ0v) is 9.12. The third kappa shape index (κ3) is 2.69. The molecule has 0 radical (unpaired) electrons. The topological polar surface area (TPSA) is 58.4 Å². The number of amides is 1. The lowest BCUT2D eigenvalue weighted by atomic mass is 10.1. The molecule has 1 aliphatic heterocycles. The van der Waals surface area contributed by atoms with Gasteiger partial charge in [0.1, 0.15) is 6.04 Å². The number of rotatable bonds is 4. The van der Waals surface area contributed by atoms with Crippen molar-refractivity contribution in [2.45, 2.75) is 38.8 Å². The minimum Gasteiger partial charge on any atom is -0.351 e. The molecule has 0 aliphatic carbocycles. The number of hydrogen-bond acceptors (Lipinski definition) is 3. The molecule has 1 saturated heterocycles. The van der Waals surface area contributed by atoms with Crippen LogP contribution in [0.3, 0.4) is 0 Å². The van der Waals surface area contributed by atoms with Crippen LogP contribution >= 0.6 is 0 Å². The van der Waals surface area contributed by atoms with Crippen LogP contribution in [-0.2, 0) is 4.79 Å². The van der Waals surface area contributed by atoms with Gasteiger partial charge >= 0.3 is 0 Å². The van der Waals surface area contributed by atoms with Crippen molar-refractivity contribution in [3.8, 4) is 0 Å². The zero-order valence-electron chi connectivity index (χ0n) is 9.12. The summed E-state index contributed by atoms with van der Waals surface area (Å²) in [5, 5.41) is 2.93. The summed E-state index contributed by atoms with van der Waals surface area (Å²) in [6.07, 6.45) is 2.29. The van der Waals surface area contributed by atoms with Crippen LogP contribution in [0, 0.1) is 0 Å². The number of hydrogen-bond donors (Lipinski definition) is 2. The molecule has 4 nitrogen and oxygen atoms in total. The fourth-order valence-electron chi connectivity index (χ4n) is 1.89. The molecule has 0 aromatic carbocycles. The Bertz CT molecular complexity index is 196. The second kappa shape index (κ2) is 5.32. The average Bonchev–Trinajstić information content (AvgIpc) is 2.14. The molecule has 0 aromatic rings. The number of nitrogens with two attached hydrogens (primary N) is 1. The van der Waals surface area contributed by atoms with E-state index in [0.717, 1.165) is 25.9 Å². The molecule has 1 fully saturated rings. The molecule has 2 unspecified atom stereocenters. The summed E-state index contributed by atoms with van der Waals surface area (Å²) in [5.41, 5.74) is 5.60. The number of nitrogens with zero attached hydrogens (tertiary/aromatic N) is 1. The quantitative estimate of drug-likeness (QED) is 0.666. The first kappa shape index (κ1) is 11.5. The Kier molecular flexibility index (Phi) is 4.35. The van der Waals surface area contributed by atoms with E-state index in [1.807, 2.05) is 6.92 Å². The minimum absolute atomic E-state index is 0.0855. The van der Waals surface area contributed by atoms with Crippen LogP contribution < -0.4 is 11.1 Å². The summed E-state index contributed by atoms with van der Waals surface area (Å²) in [6.45, 7) is 6.51. The first-order valence-electron chi connectivity index (χ1n) is 5.43. The molecule has 1 aliphatic rings. The summed E-state index contributed by atoms with van der Waals surface area (Å²) in [6, 6.07) is 0.139. The van der Waals surface area contributed by atoms with Crippen LogP contribution in [0.2, 0.25) is 0 Å². The molecular formula is C10H21N3O. The smallest absolute Gasteiger partial charge is 0.238 e. The van der Waals surface area contributed by atoms with Crippen LogP contribution in [0.1, 0.15) is 26.7 Å². The van der Waals surface area contributed by atoms with Gasteiger partial charge in [0.2, 0.25) is 5.91 Å². The third-order valence-electron chi connectivity index (χ3n) is 2.66. The number of piperazine rings is 1. The highest BCUT2D eigenvalue weighted by Crippen LogP contribution is 2.08. The normalized spacial score (nSPS) is 28.9. The zero-order chi connectivity index (χ0) is 10.6. The van der Waals surface area contributed by atoms with E-state index in [9.17, 15) is 4.79 Å². The predicted octanol–water partition coefficient (Wildman–Crippen LogP) is -0.0659. The van der Waals surface area contributed by atoms with Gasteiger partial charge in [-0.3, -0.25) is 9.69 Å². The lowest BCUT2D eigenvalue weighted by Gasteiger charge is -2.37. The largest absolute Gasteiger partial charge is 0.351 e. The SMILES string of the molecule is CCCCN1CC(C)NC(=O)C1CN. The van der Waals surface area contributed by atoms with Gasteiger partial charge in [0.25, 0.3) is 0 Å². The van der Waals surface area contributed by atoms with E-state index in [1.54, 1.807) is 0 Å². The second-order valence-corrected chi connectivity index (χ2v) is 4.01. The number of carbonyl (C=O) groups excluding carboxylic acids is 1. The molecule has 3 N–H and O–H groups in total. The van der Waals surface area contributed by atoms with Gasteiger partial charge in [0.05, 0.1) is 0 Å². The Morgan fingerprint density at radius 3 is 2.93 bits per heavy atom. The maximum atomic E-state index is 11.6. The van der Waals surface area contributed by atoms with Crippen molar-refractivity contribution in [3.05, 3.63) is 0 Å². The van der Waals surface area contributed by atoms with Crippen LogP contribution in [0.5, 0.6) is 0 Å². The van der Waals surface area contributed by atoms with Crippen LogP contribution in [-0.4, -0.2) is 42.5 Å². The number of nitrogens with one attached hydrogen (secondary N) is 1. The summed E-state index contributed by atoms with van der Waals surface area (Å²) in [7, 11) is 0. The van der Waals surface area contributed by atoms with E-state index in [4.69, 9.17) is 5.73 Å². The van der Waals surface area contributed by atoms with Crippen molar-refractivity contribution < 1.29 is 4.79 Å². The van der Waals surface area contributed by atoms with Crippen molar-refractivity contribution in [1.29, 1.82) is 0 Å². The number of unbranched alkanes of at least 4 members (excludes halogenated alkanes) is 1. The van der Waals surface area contributed by atoms with Gasteiger partial charge in [-0.15, -0.1) is 0 Å². The lowest BCUT2D eigenvalue weighted by Crippen LogP contribution is -2.61. The molecular weight excluding hydrogens is 178 g/mol. The highest BCUT2D eigenvalue weighted by Gasteiger charge is 2.30. The Hall–Kier alpha value is -0.610. The van der Waals surface area contributed by atoms with Gasteiger partial charge in [-0.05, 0) is 19.9 Å². The molecule has 4 heteroatoms. The molecule has 2 atom stereocenters. The average molecular weight is 199 g/mol. The van der Waals surface area contributed by atoms with Gasteiger partial charge < -0.3 is 11.1 Å². The predicted molar refractivity (Wildman–Crippen MR) is 56.9 cm³/mol. The molecule has 0 aromatic heterocycles. The van der Waals surface area contributed by atoms with Gasteiger partial charge in [-0.2, -0.15) is 0 Å². The Morgan fingerprint density at radius 1 is 1.64 bits per heavy atom. The first-order valence-corrected chi connectivity index (χ1v) is 5.43. The van der Waals surface area contributed by atoms with Crippen molar-refractivity contribution in [2.24, 2.45) is 5.73 Å². The van der Waals surface area contributed by atoms with E-state index in [1.165, 1.54) is 0 Å². The van der Waals surface area contributed by atoms with Gasteiger partial charge in [-0.25, -0.2) is 0 Å². The summed E-state index contributed by atoms with van der Waals surface area (Å²) in [4.78, 5) is 13.8. The molecule has 14 heavy (non-hydrogen) atoms. The minimum atomic E-state index is -0.113. The van der Waals surface area contributed by atoms with Crippen LogP contribution in [0.4, 0.5) is 0 Å². The van der Waals surface area contributed by atoms with Crippen molar-refractivity contribution >= 4 is 5.91 Å². The van der Waals surface area contributed by atoms with Crippen molar-refractivity contribution in [1.82, 2.24) is 10.2 Å². The highest BCUT2D eigenvalue weighted by atomic mass is 16.2. The lowest BCUT2D eigenvalue weighted by molar-refractivity contribution is -0.130. The molecule has 1 amide bonds. The molecule has 0 saturated carbocycles. The van der Waals surface area contributed by atoms with Gasteiger partial charge in [0.15, 0.2) is 0 Å². The highest BCUT2D eigenvalue weighted by molar-refractivity contribution is 5.83. The van der Waals surface area contributed by atoms with E-state index in [0.29, 0.717) is 6.54 Å². The fourth-order valence-corrected chi connectivity index (χ4v) is 1.89. The molecule has 0 bridgehead atoms. The summed E-state index contributed by atoms with van der Waals surface area (Å²) >= 11 is 0. The summed E-state index contributed by atoms with van der Waals surface area (Å²) < 4.78 is 0. The fraction of sp³-hybridized carbons (Fsp3) is 0.900. The molecule has 1 rings (SSSR count). The Balaban J connectivity index is 2.53. The van der Waals surface area contributed by atoms with E-state index < -0.39 is 0 Å². The number of carbonyl (C=O) groups is 1. The van der Waals surface area contributed by atoms with Crippen LogP contribution in [0.25, 0.3) is 0 Å². The van der Waals surface area contributed by atoms with Crippen molar-refractivity contribution in [2.75, 3.05) is 19.6 Å².